The molecule has 2 atom stereocenters. The molecule has 0 bridgehead atoms. The molecule has 0 spiro atoms. The summed E-state index contributed by atoms with van der Waals surface area (Å²) in [5, 5.41) is 20.0. The van der Waals surface area contributed by atoms with E-state index in [1.807, 2.05) is 0 Å². The molecule has 0 aromatic rings. The van der Waals surface area contributed by atoms with Gasteiger partial charge in [0, 0.05) is 33.2 Å². The molecular weight excluding hydrogens is 240 g/mol. The number of methoxy groups -OCH3 is 1. The molecule has 1 aliphatic heterocycles. The summed E-state index contributed by atoms with van der Waals surface area (Å²) in [6.45, 7) is 0.781. The Hall–Kier alpha value is -1.34. The molecule has 1 aliphatic rings. The van der Waals surface area contributed by atoms with E-state index < -0.39 is 18.0 Å². The molecule has 1 rings (SSSR count). The summed E-state index contributed by atoms with van der Waals surface area (Å²) >= 11 is 0. The SMILES string of the molecule is COC1CCCN(C(=O)N[C@@H](CCO)C(=O)O)C1. The van der Waals surface area contributed by atoms with Crippen LogP contribution >= 0.6 is 0 Å². The number of ether oxygens (including phenoxy) is 1. The number of aliphatic carboxylic acids is 1. The average molecular weight is 260 g/mol. The zero-order valence-corrected chi connectivity index (χ0v) is 10.5. The van der Waals surface area contributed by atoms with Crippen molar-refractivity contribution in [2.45, 2.75) is 31.4 Å². The van der Waals surface area contributed by atoms with Crippen molar-refractivity contribution in [2.75, 3.05) is 26.8 Å². The van der Waals surface area contributed by atoms with Crippen LogP contribution in [-0.2, 0) is 9.53 Å². The number of amides is 2. The molecular formula is C11H20N2O5. The Bertz CT molecular complexity index is 297. The Labute approximate surface area is 106 Å². The summed E-state index contributed by atoms with van der Waals surface area (Å²) in [5.41, 5.74) is 0. The highest BCUT2D eigenvalue weighted by Crippen LogP contribution is 2.12. The quantitative estimate of drug-likeness (QED) is 0.627. The molecule has 1 heterocycles. The van der Waals surface area contributed by atoms with E-state index in [1.54, 1.807) is 12.0 Å². The maximum Gasteiger partial charge on any atom is 0.326 e. The Morgan fingerprint density at radius 2 is 2.28 bits per heavy atom. The fourth-order valence-electron chi connectivity index (χ4n) is 1.94. The van der Waals surface area contributed by atoms with Gasteiger partial charge in [-0.25, -0.2) is 9.59 Å². The minimum Gasteiger partial charge on any atom is -0.480 e. The molecule has 0 aromatic heterocycles. The van der Waals surface area contributed by atoms with Gasteiger partial charge in [0.1, 0.15) is 6.04 Å². The normalized spacial score (nSPS) is 21.4. The van der Waals surface area contributed by atoms with Crippen LogP contribution in [0, 0.1) is 0 Å². The third-order valence-corrected chi connectivity index (χ3v) is 3.01. The number of carboxylic acids is 1. The van der Waals surface area contributed by atoms with Crippen molar-refractivity contribution < 1.29 is 24.5 Å². The lowest BCUT2D eigenvalue weighted by Crippen LogP contribution is -2.52. The van der Waals surface area contributed by atoms with Gasteiger partial charge in [0.2, 0.25) is 0 Å². The van der Waals surface area contributed by atoms with Crippen LogP contribution in [0.3, 0.4) is 0 Å². The summed E-state index contributed by atoms with van der Waals surface area (Å²) in [7, 11) is 1.60. The van der Waals surface area contributed by atoms with Gasteiger partial charge in [0.25, 0.3) is 0 Å². The molecule has 18 heavy (non-hydrogen) atoms. The van der Waals surface area contributed by atoms with Crippen LogP contribution < -0.4 is 5.32 Å². The number of nitrogens with zero attached hydrogens (tertiary/aromatic N) is 1. The summed E-state index contributed by atoms with van der Waals surface area (Å²) < 4.78 is 5.19. The molecule has 0 aromatic carbocycles. The van der Waals surface area contributed by atoms with E-state index in [9.17, 15) is 9.59 Å². The van der Waals surface area contributed by atoms with Gasteiger partial charge in [-0.05, 0) is 12.8 Å². The molecule has 7 nitrogen and oxygen atoms in total. The van der Waals surface area contributed by atoms with Crippen LogP contribution in [0.2, 0.25) is 0 Å². The number of piperidine rings is 1. The Kier molecular flexibility index (Phi) is 5.87. The fraction of sp³-hybridized carbons (Fsp3) is 0.818. The van der Waals surface area contributed by atoms with Crippen molar-refractivity contribution in [2.24, 2.45) is 0 Å². The van der Waals surface area contributed by atoms with Crippen LogP contribution in [0.15, 0.2) is 0 Å². The number of carbonyl (C=O) groups excluding carboxylic acids is 1. The predicted octanol–water partition coefficient (Wildman–Crippen LogP) is -0.358. The third-order valence-electron chi connectivity index (χ3n) is 3.01. The Morgan fingerprint density at radius 3 is 2.83 bits per heavy atom. The highest BCUT2D eigenvalue weighted by molar-refractivity contribution is 5.82. The first-order chi connectivity index (χ1) is 8.58. The number of aliphatic hydroxyl groups excluding tert-OH is 1. The standard InChI is InChI=1S/C11H20N2O5/c1-18-8-3-2-5-13(7-8)11(17)12-9(4-6-14)10(15)16/h8-9,14H,2-7H2,1H3,(H,12,17)(H,15,16)/t8?,9-/m0/s1. The first kappa shape index (κ1) is 14.7. The number of nitrogens with one attached hydrogen (secondary N) is 1. The van der Waals surface area contributed by atoms with Crippen LogP contribution in [0.5, 0.6) is 0 Å². The van der Waals surface area contributed by atoms with E-state index in [4.69, 9.17) is 14.9 Å². The van der Waals surface area contributed by atoms with Crippen molar-refractivity contribution in [1.29, 1.82) is 0 Å². The first-order valence-corrected chi connectivity index (χ1v) is 6.00. The number of carboxylic acid groups (broad SMARTS) is 1. The monoisotopic (exact) mass is 260 g/mol. The second-order valence-corrected chi connectivity index (χ2v) is 4.30. The summed E-state index contributed by atoms with van der Waals surface area (Å²) in [4.78, 5) is 24.3. The maximum atomic E-state index is 11.9. The highest BCUT2D eigenvalue weighted by Gasteiger charge is 2.26. The van der Waals surface area contributed by atoms with Crippen molar-refractivity contribution >= 4 is 12.0 Å². The number of aliphatic hydroxyl groups is 1. The third kappa shape index (κ3) is 4.15. The molecule has 1 fully saturated rings. The van der Waals surface area contributed by atoms with E-state index in [-0.39, 0.29) is 19.1 Å². The smallest absolute Gasteiger partial charge is 0.326 e. The minimum absolute atomic E-state index is 0.00260. The van der Waals surface area contributed by atoms with Crippen molar-refractivity contribution in [3.05, 3.63) is 0 Å². The van der Waals surface area contributed by atoms with Crippen molar-refractivity contribution in [1.82, 2.24) is 10.2 Å². The predicted molar refractivity (Wildman–Crippen MR) is 63.3 cm³/mol. The van der Waals surface area contributed by atoms with E-state index in [2.05, 4.69) is 5.32 Å². The van der Waals surface area contributed by atoms with Gasteiger partial charge in [-0.15, -0.1) is 0 Å². The number of rotatable bonds is 5. The van der Waals surface area contributed by atoms with Gasteiger partial charge in [-0.3, -0.25) is 0 Å². The van der Waals surface area contributed by atoms with E-state index in [1.165, 1.54) is 0 Å². The number of hydrogen-bond donors (Lipinski definition) is 3. The number of hydrogen-bond acceptors (Lipinski definition) is 4. The molecule has 0 saturated carbocycles. The highest BCUT2D eigenvalue weighted by atomic mass is 16.5. The fourth-order valence-corrected chi connectivity index (χ4v) is 1.94. The lowest BCUT2D eigenvalue weighted by Gasteiger charge is -2.32. The zero-order chi connectivity index (χ0) is 13.5. The van der Waals surface area contributed by atoms with Crippen molar-refractivity contribution in [3.8, 4) is 0 Å². The Balaban J connectivity index is 2.50. The largest absolute Gasteiger partial charge is 0.480 e. The molecule has 0 aliphatic carbocycles. The number of urea groups is 1. The lowest BCUT2D eigenvalue weighted by molar-refractivity contribution is -0.139. The van der Waals surface area contributed by atoms with Gasteiger partial charge in [-0.1, -0.05) is 0 Å². The zero-order valence-electron chi connectivity index (χ0n) is 10.5. The summed E-state index contributed by atoms with van der Waals surface area (Å²) in [5.74, 6) is -1.14. The van der Waals surface area contributed by atoms with Gasteiger partial charge < -0.3 is 25.2 Å². The van der Waals surface area contributed by atoms with Crippen LogP contribution in [0.4, 0.5) is 4.79 Å². The molecule has 3 N–H and O–H groups in total. The van der Waals surface area contributed by atoms with Gasteiger partial charge in [0.05, 0.1) is 6.10 Å². The lowest BCUT2D eigenvalue weighted by atomic mass is 10.1. The topological polar surface area (TPSA) is 99.1 Å². The summed E-state index contributed by atoms with van der Waals surface area (Å²) in [6, 6.07) is -1.47. The summed E-state index contributed by atoms with van der Waals surface area (Å²) in [6.07, 6.45) is 1.75. The van der Waals surface area contributed by atoms with Gasteiger partial charge in [0.15, 0.2) is 0 Å². The molecule has 2 amide bonds. The molecule has 7 heteroatoms. The first-order valence-electron chi connectivity index (χ1n) is 6.00. The van der Waals surface area contributed by atoms with E-state index in [0.717, 1.165) is 12.8 Å². The second kappa shape index (κ2) is 7.17. The Morgan fingerprint density at radius 1 is 1.56 bits per heavy atom. The van der Waals surface area contributed by atoms with Crippen LogP contribution in [-0.4, -0.2) is 66.1 Å². The molecule has 1 unspecified atom stereocenters. The van der Waals surface area contributed by atoms with Crippen molar-refractivity contribution in [3.63, 3.8) is 0 Å². The number of likely N-dealkylation sites (tertiary alicyclic amines) is 1. The molecule has 104 valence electrons. The van der Waals surface area contributed by atoms with Gasteiger partial charge in [-0.2, -0.15) is 0 Å². The second-order valence-electron chi connectivity index (χ2n) is 4.30. The van der Waals surface area contributed by atoms with E-state index in [0.29, 0.717) is 13.1 Å². The minimum atomic E-state index is -1.14. The molecule has 1 saturated heterocycles. The van der Waals surface area contributed by atoms with Crippen LogP contribution in [0.25, 0.3) is 0 Å². The maximum absolute atomic E-state index is 11.9. The average Bonchev–Trinajstić information content (AvgIpc) is 2.38. The van der Waals surface area contributed by atoms with Gasteiger partial charge >= 0.3 is 12.0 Å². The van der Waals surface area contributed by atoms with Crippen LogP contribution in [0.1, 0.15) is 19.3 Å². The number of carbonyl (C=O) groups is 2. The molecule has 0 radical (unpaired) electrons. The van der Waals surface area contributed by atoms with E-state index >= 15 is 0 Å².